The quantitative estimate of drug-likeness (QED) is 0.447. The second-order valence-electron chi connectivity index (χ2n) is 5.71. The van der Waals surface area contributed by atoms with Gasteiger partial charge in [0.1, 0.15) is 28.7 Å². The van der Waals surface area contributed by atoms with Crippen LogP contribution in [0.5, 0.6) is 28.7 Å². The molecular formula is C21H19O7P. The molecule has 0 aliphatic rings. The van der Waals surface area contributed by atoms with E-state index in [1.165, 1.54) is 38.5 Å². The predicted octanol–water partition coefficient (Wildman–Crippen LogP) is 5.55. The van der Waals surface area contributed by atoms with E-state index in [0.29, 0.717) is 11.5 Å². The van der Waals surface area contributed by atoms with Crippen LogP contribution in [0.1, 0.15) is 0 Å². The molecule has 0 saturated heterocycles. The van der Waals surface area contributed by atoms with Crippen LogP contribution in [-0.4, -0.2) is 19.9 Å². The van der Waals surface area contributed by atoms with Crippen molar-refractivity contribution in [3.63, 3.8) is 0 Å². The molecule has 0 radical (unpaired) electrons. The Hall–Kier alpha value is -3.44. The van der Waals surface area contributed by atoms with Crippen molar-refractivity contribution in [2.24, 2.45) is 0 Å². The Morgan fingerprint density at radius 3 is 1.45 bits per heavy atom. The molecule has 3 rings (SSSR count). The summed E-state index contributed by atoms with van der Waals surface area (Å²) in [4.78, 5) is 12.7. The molecule has 0 aromatic heterocycles. The van der Waals surface area contributed by atoms with E-state index in [1.807, 2.05) is 0 Å². The summed E-state index contributed by atoms with van der Waals surface area (Å²) in [6.45, 7) is 0. The average molecular weight is 414 g/mol. The summed E-state index contributed by atoms with van der Waals surface area (Å²) in [6, 6.07) is 20.7. The Balaban J connectivity index is 1.87. The molecule has 3 aromatic rings. The van der Waals surface area contributed by atoms with Crippen molar-refractivity contribution in [2.75, 3.05) is 14.2 Å². The standard InChI is InChI=1S/C21H19O7P/c1-24-16-8-12-19(13-9-16)27-29(23,21(22)26-18-6-4-3-5-7-18)28-20-14-10-17(25-2)11-15-20/h3-15H,1-2H3. The number of carbonyl (C=O) groups excluding carboxylic acids is 1. The van der Waals surface area contributed by atoms with Gasteiger partial charge in [0.2, 0.25) is 0 Å². The summed E-state index contributed by atoms with van der Waals surface area (Å²) >= 11 is 0. The molecule has 0 spiro atoms. The molecule has 0 N–H and O–H groups in total. The lowest BCUT2D eigenvalue weighted by Crippen LogP contribution is -2.15. The third kappa shape index (κ3) is 5.30. The number of carbonyl (C=O) groups is 1. The first kappa shape index (κ1) is 20.3. The molecule has 8 heteroatoms. The number of benzene rings is 3. The van der Waals surface area contributed by atoms with E-state index in [9.17, 15) is 9.36 Å². The summed E-state index contributed by atoms with van der Waals surface area (Å²) in [5.74, 6) is 1.69. The van der Waals surface area contributed by atoms with Gasteiger partial charge in [-0.25, -0.2) is 9.36 Å². The highest BCUT2D eigenvalue weighted by Gasteiger charge is 2.41. The molecule has 0 aliphatic heterocycles. The maximum absolute atomic E-state index is 13.4. The van der Waals surface area contributed by atoms with Gasteiger partial charge in [-0.15, -0.1) is 0 Å². The van der Waals surface area contributed by atoms with Crippen LogP contribution in [0.3, 0.4) is 0 Å². The molecule has 0 atom stereocenters. The molecule has 29 heavy (non-hydrogen) atoms. The Labute approximate surface area is 168 Å². The second kappa shape index (κ2) is 9.17. The van der Waals surface area contributed by atoms with Gasteiger partial charge in [0.25, 0.3) is 0 Å². The molecule has 0 aliphatic carbocycles. The Morgan fingerprint density at radius 2 is 1.03 bits per heavy atom. The van der Waals surface area contributed by atoms with Gasteiger partial charge in [-0.3, -0.25) is 0 Å². The maximum atomic E-state index is 13.4. The zero-order valence-electron chi connectivity index (χ0n) is 15.8. The number of ether oxygens (including phenoxy) is 3. The van der Waals surface area contributed by atoms with Crippen LogP contribution in [0.4, 0.5) is 4.79 Å². The van der Waals surface area contributed by atoms with Crippen LogP contribution in [0.2, 0.25) is 0 Å². The minimum Gasteiger partial charge on any atom is -0.497 e. The summed E-state index contributed by atoms with van der Waals surface area (Å²) < 4.78 is 39.7. The summed E-state index contributed by atoms with van der Waals surface area (Å²) in [7, 11) is -1.37. The Kier molecular flexibility index (Phi) is 6.42. The van der Waals surface area contributed by atoms with Crippen molar-refractivity contribution in [2.45, 2.75) is 0 Å². The Bertz CT molecular complexity index is 932. The minimum absolute atomic E-state index is 0.160. The van der Waals surface area contributed by atoms with Crippen molar-refractivity contribution in [3.05, 3.63) is 78.9 Å². The van der Waals surface area contributed by atoms with E-state index in [0.717, 1.165) is 0 Å². The van der Waals surface area contributed by atoms with E-state index in [4.69, 9.17) is 23.3 Å². The van der Waals surface area contributed by atoms with Gasteiger partial charge < -0.3 is 23.3 Å². The van der Waals surface area contributed by atoms with Crippen LogP contribution < -0.4 is 23.3 Å². The monoisotopic (exact) mass is 414 g/mol. The highest BCUT2D eigenvalue weighted by Crippen LogP contribution is 2.50. The minimum atomic E-state index is -4.41. The lowest BCUT2D eigenvalue weighted by Gasteiger charge is -2.18. The van der Waals surface area contributed by atoms with E-state index in [-0.39, 0.29) is 17.2 Å². The maximum Gasteiger partial charge on any atom is 0.540 e. The number of hydrogen-bond donors (Lipinski definition) is 0. The van der Waals surface area contributed by atoms with Crippen LogP contribution in [0.25, 0.3) is 0 Å². The van der Waals surface area contributed by atoms with Crippen molar-refractivity contribution in [1.29, 1.82) is 0 Å². The normalized spacial score (nSPS) is 10.7. The number of para-hydroxylation sites is 1. The lowest BCUT2D eigenvalue weighted by molar-refractivity contribution is 0.215. The van der Waals surface area contributed by atoms with E-state index in [2.05, 4.69) is 0 Å². The SMILES string of the molecule is COc1ccc(OP(=O)(Oc2ccc(OC)cc2)C(=O)Oc2ccccc2)cc1. The highest BCUT2D eigenvalue weighted by atomic mass is 31.2. The number of rotatable bonds is 8. The third-order valence-corrected chi connectivity index (χ3v) is 5.18. The van der Waals surface area contributed by atoms with Crippen LogP contribution in [0.15, 0.2) is 78.9 Å². The van der Waals surface area contributed by atoms with Gasteiger partial charge >= 0.3 is 13.3 Å². The molecular weight excluding hydrogens is 395 g/mol. The number of methoxy groups -OCH3 is 2. The Morgan fingerprint density at radius 1 is 0.621 bits per heavy atom. The van der Waals surface area contributed by atoms with Crippen molar-refractivity contribution >= 4 is 13.3 Å². The predicted molar refractivity (Wildman–Crippen MR) is 107 cm³/mol. The van der Waals surface area contributed by atoms with Crippen LogP contribution >= 0.6 is 7.60 Å². The fraction of sp³-hybridized carbons (Fsp3) is 0.0952. The first-order valence-electron chi connectivity index (χ1n) is 8.57. The average Bonchev–Trinajstić information content (AvgIpc) is 2.75. The second-order valence-corrected chi connectivity index (χ2v) is 7.44. The fourth-order valence-corrected chi connectivity index (χ4v) is 3.49. The first-order chi connectivity index (χ1) is 14.0. The molecule has 0 amide bonds. The highest BCUT2D eigenvalue weighted by molar-refractivity contribution is 7.72. The van der Waals surface area contributed by atoms with E-state index >= 15 is 0 Å². The molecule has 0 fully saturated rings. The molecule has 150 valence electrons. The van der Waals surface area contributed by atoms with Gasteiger partial charge in [-0.2, -0.15) is 0 Å². The fourth-order valence-electron chi connectivity index (χ4n) is 2.29. The summed E-state index contributed by atoms with van der Waals surface area (Å²) in [5, 5.41) is 0. The zero-order chi connectivity index (χ0) is 20.7. The smallest absolute Gasteiger partial charge is 0.497 e. The van der Waals surface area contributed by atoms with Gasteiger partial charge in [0.05, 0.1) is 14.2 Å². The molecule has 3 aromatic carbocycles. The van der Waals surface area contributed by atoms with Crippen molar-refractivity contribution in [3.8, 4) is 28.7 Å². The van der Waals surface area contributed by atoms with Crippen LogP contribution in [0, 0.1) is 0 Å². The van der Waals surface area contributed by atoms with Crippen molar-refractivity contribution < 1.29 is 32.6 Å². The van der Waals surface area contributed by atoms with E-state index < -0.39 is 13.3 Å². The molecule has 0 unspecified atom stereocenters. The van der Waals surface area contributed by atoms with E-state index in [1.54, 1.807) is 54.6 Å². The molecule has 0 bridgehead atoms. The third-order valence-electron chi connectivity index (χ3n) is 3.74. The molecule has 0 heterocycles. The van der Waals surface area contributed by atoms with Gasteiger partial charge in [0.15, 0.2) is 0 Å². The first-order valence-corrected chi connectivity index (χ1v) is 10.1. The molecule has 0 saturated carbocycles. The largest absolute Gasteiger partial charge is 0.540 e. The number of hydrogen-bond acceptors (Lipinski definition) is 7. The lowest BCUT2D eigenvalue weighted by atomic mass is 10.3. The van der Waals surface area contributed by atoms with Crippen molar-refractivity contribution in [1.82, 2.24) is 0 Å². The van der Waals surface area contributed by atoms with Gasteiger partial charge in [0, 0.05) is 0 Å². The zero-order valence-corrected chi connectivity index (χ0v) is 16.7. The van der Waals surface area contributed by atoms with Gasteiger partial charge in [-0.1, -0.05) is 18.2 Å². The van der Waals surface area contributed by atoms with Crippen LogP contribution in [-0.2, 0) is 4.57 Å². The molecule has 7 nitrogen and oxygen atoms in total. The van der Waals surface area contributed by atoms with Gasteiger partial charge in [-0.05, 0) is 60.7 Å². The summed E-state index contributed by atoms with van der Waals surface area (Å²) in [5.41, 5.74) is -1.14. The summed E-state index contributed by atoms with van der Waals surface area (Å²) in [6.07, 6.45) is 0. The topological polar surface area (TPSA) is 80.3 Å².